The first-order valence-electron chi connectivity index (χ1n) is 7.48. The average molecular weight is 397 g/mol. The molecule has 0 amide bonds. The highest BCUT2D eigenvalue weighted by Crippen LogP contribution is 2.23. The van der Waals surface area contributed by atoms with E-state index < -0.39 is 21.4 Å². The molecular formula is C17H14ClFN2O4S. The molecule has 0 fully saturated rings. The second-order valence-corrected chi connectivity index (χ2v) is 7.98. The Morgan fingerprint density at radius 2 is 2.00 bits per heavy atom. The summed E-state index contributed by atoms with van der Waals surface area (Å²) in [6.07, 6.45) is 0. The Labute approximate surface area is 154 Å². The lowest BCUT2D eigenvalue weighted by molar-refractivity contribution is 0.389. The van der Waals surface area contributed by atoms with Gasteiger partial charge in [0, 0.05) is 10.6 Å². The Kier molecular flexibility index (Phi) is 5.24. The van der Waals surface area contributed by atoms with Gasteiger partial charge in [-0.15, -0.1) is 0 Å². The van der Waals surface area contributed by atoms with Gasteiger partial charge in [0.1, 0.15) is 17.3 Å². The molecule has 0 atom stereocenters. The summed E-state index contributed by atoms with van der Waals surface area (Å²) >= 11 is 5.88. The van der Waals surface area contributed by atoms with Gasteiger partial charge in [-0.05, 0) is 29.8 Å². The predicted molar refractivity (Wildman–Crippen MR) is 94.0 cm³/mol. The lowest BCUT2D eigenvalue weighted by atomic mass is 10.2. The van der Waals surface area contributed by atoms with Crippen molar-refractivity contribution in [2.24, 2.45) is 0 Å². The summed E-state index contributed by atoms with van der Waals surface area (Å²) in [7, 11) is -2.10. The minimum Gasteiger partial charge on any atom is -0.497 e. The van der Waals surface area contributed by atoms with Crippen LogP contribution in [0.2, 0.25) is 5.02 Å². The van der Waals surface area contributed by atoms with Crippen LogP contribution in [0.1, 0.15) is 11.5 Å². The second-order valence-electron chi connectivity index (χ2n) is 5.51. The molecule has 6 nitrogen and oxygen atoms in total. The van der Waals surface area contributed by atoms with Crippen LogP contribution in [0, 0.1) is 5.82 Å². The first-order chi connectivity index (χ1) is 12.4. The zero-order chi connectivity index (χ0) is 18.7. The number of hydrogen-bond donors (Lipinski definition) is 0. The molecule has 0 N–H and O–H groups in total. The van der Waals surface area contributed by atoms with E-state index >= 15 is 0 Å². The van der Waals surface area contributed by atoms with Gasteiger partial charge in [0.25, 0.3) is 0 Å². The van der Waals surface area contributed by atoms with Crippen molar-refractivity contribution >= 4 is 21.4 Å². The van der Waals surface area contributed by atoms with Crippen LogP contribution >= 0.6 is 11.6 Å². The van der Waals surface area contributed by atoms with Gasteiger partial charge in [0.2, 0.25) is 11.7 Å². The first kappa shape index (κ1) is 18.3. The Balaban J connectivity index is 1.77. The molecule has 0 aliphatic carbocycles. The van der Waals surface area contributed by atoms with E-state index in [0.717, 1.165) is 12.1 Å². The van der Waals surface area contributed by atoms with Crippen LogP contribution in [-0.4, -0.2) is 25.7 Å². The summed E-state index contributed by atoms with van der Waals surface area (Å²) in [5.41, 5.74) is 0.943. The molecule has 0 radical (unpaired) electrons. The fraction of sp³-hybridized carbons (Fsp3) is 0.176. The maximum atomic E-state index is 13.1. The van der Waals surface area contributed by atoms with E-state index in [1.165, 1.54) is 13.2 Å². The number of aromatic nitrogens is 2. The Bertz CT molecular complexity index is 1040. The largest absolute Gasteiger partial charge is 0.497 e. The minimum absolute atomic E-state index is 0.0407. The Hall–Kier alpha value is -2.45. The second kappa shape index (κ2) is 7.43. The van der Waals surface area contributed by atoms with Crippen LogP contribution in [0.25, 0.3) is 11.4 Å². The Morgan fingerprint density at radius 1 is 1.19 bits per heavy atom. The monoisotopic (exact) mass is 396 g/mol. The highest BCUT2D eigenvalue weighted by atomic mass is 35.5. The van der Waals surface area contributed by atoms with Crippen molar-refractivity contribution in [3.8, 4) is 17.1 Å². The number of methoxy groups -OCH3 is 1. The third-order valence-corrected chi connectivity index (χ3v) is 5.32. The molecule has 1 aromatic heterocycles. The topological polar surface area (TPSA) is 82.3 Å². The molecular weight excluding hydrogens is 383 g/mol. The molecule has 136 valence electrons. The molecule has 0 bridgehead atoms. The molecule has 3 aromatic rings. The molecule has 2 aromatic carbocycles. The van der Waals surface area contributed by atoms with Crippen LogP contribution in [0.5, 0.6) is 5.75 Å². The van der Waals surface area contributed by atoms with Crippen LogP contribution in [0.15, 0.2) is 47.0 Å². The molecule has 9 heteroatoms. The molecule has 0 saturated carbocycles. The van der Waals surface area contributed by atoms with Crippen LogP contribution in [0.4, 0.5) is 4.39 Å². The van der Waals surface area contributed by atoms with Gasteiger partial charge in [-0.25, -0.2) is 12.8 Å². The first-order valence-corrected chi connectivity index (χ1v) is 9.67. The van der Waals surface area contributed by atoms with E-state index in [-0.39, 0.29) is 22.5 Å². The molecule has 26 heavy (non-hydrogen) atoms. The Morgan fingerprint density at radius 3 is 2.73 bits per heavy atom. The maximum Gasteiger partial charge on any atom is 0.242 e. The fourth-order valence-corrected chi connectivity index (χ4v) is 3.94. The van der Waals surface area contributed by atoms with Gasteiger partial charge in [0.15, 0.2) is 9.84 Å². The van der Waals surface area contributed by atoms with Crippen molar-refractivity contribution in [1.82, 2.24) is 10.1 Å². The number of sulfone groups is 1. The fourth-order valence-electron chi connectivity index (χ4n) is 2.31. The number of halogens is 2. The van der Waals surface area contributed by atoms with Crippen molar-refractivity contribution < 1.29 is 22.1 Å². The van der Waals surface area contributed by atoms with Crippen LogP contribution in [-0.2, 0) is 21.3 Å². The number of rotatable bonds is 6. The number of benzene rings is 2. The molecule has 0 saturated heterocycles. The highest BCUT2D eigenvalue weighted by molar-refractivity contribution is 7.89. The standard InChI is InChI=1S/C17H14ClFN2O4S/c1-24-14-4-2-3-11(7-14)17-20-16(25-21-17)10-26(22,23)9-12-5-6-13(19)8-15(12)18/h2-8H,9-10H2,1H3. The van der Waals surface area contributed by atoms with E-state index in [1.54, 1.807) is 24.3 Å². The van der Waals surface area contributed by atoms with Gasteiger partial charge in [-0.1, -0.05) is 35.0 Å². The van der Waals surface area contributed by atoms with Crippen LogP contribution in [0.3, 0.4) is 0 Å². The molecule has 1 heterocycles. The van der Waals surface area contributed by atoms with Crippen molar-refractivity contribution in [2.75, 3.05) is 7.11 Å². The summed E-state index contributed by atoms with van der Waals surface area (Å²) in [6, 6.07) is 10.6. The zero-order valence-corrected chi connectivity index (χ0v) is 15.2. The van der Waals surface area contributed by atoms with E-state index in [0.29, 0.717) is 16.9 Å². The SMILES string of the molecule is COc1cccc(-c2noc(CS(=O)(=O)Cc3ccc(F)cc3Cl)n2)c1. The predicted octanol–water partition coefficient (Wildman–Crippen LogP) is 3.65. The molecule has 0 unspecified atom stereocenters. The average Bonchev–Trinajstić information content (AvgIpc) is 3.05. The minimum atomic E-state index is -3.63. The van der Waals surface area contributed by atoms with Gasteiger partial charge in [-0.2, -0.15) is 4.98 Å². The van der Waals surface area contributed by atoms with Gasteiger partial charge in [0.05, 0.1) is 12.9 Å². The van der Waals surface area contributed by atoms with E-state index in [4.69, 9.17) is 20.9 Å². The van der Waals surface area contributed by atoms with Gasteiger partial charge >= 0.3 is 0 Å². The summed E-state index contributed by atoms with van der Waals surface area (Å²) in [5, 5.41) is 3.85. The van der Waals surface area contributed by atoms with Crippen molar-refractivity contribution in [2.45, 2.75) is 11.5 Å². The zero-order valence-electron chi connectivity index (χ0n) is 13.6. The maximum absolute atomic E-state index is 13.1. The third-order valence-electron chi connectivity index (χ3n) is 3.53. The van der Waals surface area contributed by atoms with Gasteiger partial charge in [-0.3, -0.25) is 0 Å². The van der Waals surface area contributed by atoms with E-state index in [2.05, 4.69) is 10.1 Å². The number of hydrogen-bond acceptors (Lipinski definition) is 6. The summed E-state index contributed by atoms with van der Waals surface area (Å²) in [6.45, 7) is 0. The number of nitrogens with zero attached hydrogens (tertiary/aromatic N) is 2. The van der Waals surface area contributed by atoms with Crippen LogP contribution < -0.4 is 4.74 Å². The van der Waals surface area contributed by atoms with Crippen molar-refractivity contribution in [3.63, 3.8) is 0 Å². The smallest absolute Gasteiger partial charge is 0.242 e. The number of ether oxygens (including phenoxy) is 1. The normalized spacial score (nSPS) is 11.5. The molecule has 0 spiro atoms. The van der Waals surface area contributed by atoms with Crippen molar-refractivity contribution in [1.29, 1.82) is 0 Å². The van der Waals surface area contributed by atoms with E-state index in [1.807, 2.05) is 0 Å². The summed E-state index contributed by atoms with van der Waals surface area (Å²) < 4.78 is 47.9. The summed E-state index contributed by atoms with van der Waals surface area (Å²) in [5.74, 6) is -0.501. The third kappa shape index (κ3) is 4.39. The summed E-state index contributed by atoms with van der Waals surface area (Å²) in [4.78, 5) is 4.11. The van der Waals surface area contributed by atoms with E-state index in [9.17, 15) is 12.8 Å². The molecule has 3 rings (SSSR count). The highest BCUT2D eigenvalue weighted by Gasteiger charge is 2.20. The lowest BCUT2D eigenvalue weighted by Crippen LogP contribution is -2.08. The van der Waals surface area contributed by atoms with Gasteiger partial charge < -0.3 is 9.26 Å². The molecule has 0 aliphatic rings. The quantitative estimate of drug-likeness (QED) is 0.632. The lowest BCUT2D eigenvalue weighted by Gasteiger charge is -2.04. The molecule has 0 aliphatic heterocycles. The van der Waals surface area contributed by atoms with Crippen molar-refractivity contribution in [3.05, 3.63) is 64.8 Å².